The van der Waals surface area contributed by atoms with Gasteiger partial charge < -0.3 is 9.64 Å². The molecular weight excluding hydrogens is 310 g/mol. The number of aromatic nitrogens is 2. The summed E-state index contributed by atoms with van der Waals surface area (Å²) in [6, 6.07) is 0. The molecule has 0 N–H and O–H groups in total. The SMILES string of the molecule is CC(C)(C)OC(=O)N1CCC(CSc2ncc(Cl)cn2)C1. The van der Waals surface area contributed by atoms with Crippen molar-refractivity contribution in [3.63, 3.8) is 0 Å². The second-order valence-corrected chi connectivity index (χ2v) is 7.50. The van der Waals surface area contributed by atoms with Crippen molar-refractivity contribution in [1.82, 2.24) is 14.9 Å². The minimum atomic E-state index is -0.443. The molecule has 0 radical (unpaired) electrons. The van der Waals surface area contributed by atoms with Gasteiger partial charge in [0.15, 0.2) is 5.16 Å². The number of hydrogen-bond acceptors (Lipinski definition) is 5. The van der Waals surface area contributed by atoms with Crippen molar-refractivity contribution in [3.05, 3.63) is 17.4 Å². The van der Waals surface area contributed by atoms with E-state index in [2.05, 4.69) is 9.97 Å². The van der Waals surface area contributed by atoms with E-state index in [9.17, 15) is 4.79 Å². The Labute approximate surface area is 134 Å². The first-order chi connectivity index (χ1) is 9.83. The minimum absolute atomic E-state index is 0.224. The van der Waals surface area contributed by atoms with Gasteiger partial charge >= 0.3 is 6.09 Å². The molecule has 5 nitrogen and oxygen atoms in total. The Morgan fingerprint density at radius 3 is 2.76 bits per heavy atom. The van der Waals surface area contributed by atoms with Crippen LogP contribution in [0.1, 0.15) is 27.2 Å². The predicted molar refractivity (Wildman–Crippen MR) is 83.7 cm³/mol. The van der Waals surface area contributed by atoms with Crippen LogP contribution in [0.5, 0.6) is 0 Å². The number of halogens is 1. The van der Waals surface area contributed by atoms with E-state index in [0.717, 1.165) is 30.4 Å². The number of hydrogen-bond donors (Lipinski definition) is 0. The van der Waals surface area contributed by atoms with Gasteiger partial charge in [-0.1, -0.05) is 23.4 Å². The fraction of sp³-hybridized carbons (Fsp3) is 0.643. The fourth-order valence-corrected chi connectivity index (χ4v) is 3.04. The molecule has 1 atom stereocenters. The first-order valence-electron chi connectivity index (χ1n) is 6.92. The van der Waals surface area contributed by atoms with Crippen molar-refractivity contribution in [1.29, 1.82) is 0 Å². The molecule has 0 aliphatic carbocycles. The lowest BCUT2D eigenvalue weighted by molar-refractivity contribution is 0.0289. The zero-order valence-corrected chi connectivity index (χ0v) is 14.1. The molecule has 2 rings (SSSR count). The molecule has 0 spiro atoms. The highest BCUT2D eigenvalue weighted by Gasteiger charge is 2.29. The number of amides is 1. The lowest BCUT2D eigenvalue weighted by Gasteiger charge is -2.24. The van der Waals surface area contributed by atoms with Crippen LogP contribution < -0.4 is 0 Å². The van der Waals surface area contributed by atoms with Crippen molar-refractivity contribution in [3.8, 4) is 0 Å². The molecule has 1 aromatic heterocycles. The van der Waals surface area contributed by atoms with E-state index in [1.807, 2.05) is 20.8 Å². The fourth-order valence-electron chi connectivity index (χ4n) is 2.03. The van der Waals surface area contributed by atoms with Crippen LogP contribution in [0.3, 0.4) is 0 Å². The average molecular weight is 330 g/mol. The first-order valence-corrected chi connectivity index (χ1v) is 8.28. The van der Waals surface area contributed by atoms with Crippen LogP contribution in [0.15, 0.2) is 17.6 Å². The van der Waals surface area contributed by atoms with Crippen LogP contribution in [-0.4, -0.2) is 45.4 Å². The number of nitrogens with zero attached hydrogens (tertiary/aromatic N) is 3. The van der Waals surface area contributed by atoms with Crippen LogP contribution in [0.25, 0.3) is 0 Å². The summed E-state index contributed by atoms with van der Waals surface area (Å²) in [5, 5.41) is 1.26. The van der Waals surface area contributed by atoms with Crippen LogP contribution in [0.4, 0.5) is 4.79 Å². The number of carbonyl (C=O) groups is 1. The van der Waals surface area contributed by atoms with E-state index >= 15 is 0 Å². The summed E-state index contributed by atoms with van der Waals surface area (Å²) in [6.07, 6.45) is 3.95. The first kappa shape index (κ1) is 16.4. The third-order valence-electron chi connectivity index (χ3n) is 2.98. The predicted octanol–water partition coefficient (Wildman–Crippen LogP) is 3.48. The Balaban J connectivity index is 1.77. The molecule has 1 amide bonds. The van der Waals surface area contributed by atoms with Gasteiger partial charge in [-0.2, -0.15) is 0 Å². The summed E-state index contributed by atoms with van der Waals surface area (Å²) in [6.45, 7) is 7.13. The normalized spacial score (nSPS) is 18.9. The highest BCUT2D eigenvalue weighted by Crippen LogP contribution is 2.25. The van der Waals surface area contributed by atoms with E-state index in [0.29, 0.717) is 10.9 Å². The highest BCUT2D eigenvalue weighted by molar-refractivity contribution is 7.99. The van der Waals surface area contributed by atoms with E-state index < -0.39 is 5.60 Å². The van der Waals surface area contributed by atoms with Gasteiger partial charge in [0.25, 0.3) is 0 Å². The number of thioether (sulfide) groups is 1. The van der Waals surface area contributed by atoms with Crippen LogP contribution >= 0.6 is 23.4 Å². The maximum atomic E-state index is 12.0. The van der Waals surface area contributed by atoms with Crippen LogP contribution in [-0.2, 0) is 4.74 Å². The van der Waals surface area contributed by atoms with Gasteiger partial charge in [-0.15, -0.1) is 0 Å². The van der Waals surface area contributed by atoms with Crippen LogP contribution in [0.2, 0.25) is 5.02 Å². The molecule has 116 valence electrons. The van der Waals surface area contributed by atoms with E-state index in [1.54, 1.807) is 29.1 Å². The molecule has 2 heterocycles. The molecule has 21 heavy (non-hydrogen) atoms. The monoisotopic (exact) mass is 329 g/mol. The largest absolute Gasteiger partial charge is 0.444 e. The quantitative estimate of drug-likeness (QED) is 0.627. The summed E-state index contributed by atoms with van der Waals surface area (Å²) in [5.74, 6) is 1.34. The molecule has 1 saturated heterocycles. The second kappa shape index (κ2) is 6.83. The Morgan fingerprint density at radius 1 is 1.48 bits per heavy atom. The standard InChI is InChI=1S/C14H20ClN3O2S/c1-14(2,3)20-13(19)18-5-4-10(8-18)9-21-12-16-6-11(15)7-17-12/h6-7,10H,4-5,8-9H2,1-3H3. The van der Waals surface area contributed by atoms with Crippen LogP contribution in [0, 0.1) is 5.92 Å². The molecular formula is C14H20ClN3O2S. The van der Waals surface area contributed by atoms with Crippen molar-refractivity contribution >= 4 is 29.5 Å². The minimum Gasteiger partial charge on any atom is -0.444 e. The average Bonchev–Trinajstić information content (AvgIpc) is 2.85. The van der Waals surface area contributed by atoms with Gasteiger partial charge in [-0.25, -0.2) is 14.8 Å². The Morgan fingerprint density at radius 2 is 2.14 bits per heavy atom. The Bertz CT molecular complexity index is 490. The van der Waals surface area contributed by atoms with Gasteiger partial charge in [-0.05, 0) is 33.1 Å². The van der Waals surface area contributed by atoms with E-state index in [-0.39, 0.29) is 6.09 Å². The molecule has 1 unspecified atom stereocenters. The number of carbonyl (C=O) groups excluding carboxylic acids is 1. The maximum absolute atomic E-state index is 12.0. The Hall–Kier alpha value is -1.01. The topological polar surface area (TPSA) is 55.3 Å². The van der Waals surface area contributed by atoms with Gasteiger partial charge in [0.1, 0.15) is 5.60 Å². The van der Waals surface area contributed by atoms with Crippen molar-refractivity contribution in [2.75, 3.05) is 18.8 Å². The molecule has 0 saturated carbocycles. The molecule has 1 aliphatic heterocycles. The molecule has 1 aliphatic rings. The van der Waals surface area contributed by atoms with Crippen molar-refractivity contribution in [2.24, 2.45) is 5.92 Å². The zero-order chi connectivity index (χ0) is 15.5. The lowest BCUT2D eigenvalue weighted by atomic mass is 10.2. The number of rotatable bonds is 3. The molecule has 1 aromatic rings. The van der Waals surface area contributed by atoms with Crippen molar-refractivity contribution in [2.45, 2.75) is 37.9 Å². The summed E-state index contributed by atoms with van der Waals surface area (Å²) in [5.41, 5.74) is -0.443. The molecule has 1 fully saturated rings. The maximum Gasteiger partial charge on any atom is 0.410 e. The van der Waals surface area contributed by atoms with Gasteiger partial charge in [0, 0.05) is 18.8 Å². The third-order valence-corrected chi connectivity index (χ3v) is 4.28. The lowest BCUT2D eigenvalue weighted by Crippen LogP contribution is -2.35. The summed E-state index contributed by atoms with van der Waals surface area (Å²) >= 11 is 7.35. The zero-order valence-electron chi connectivity index (χ0n) is 12.5. The molecule has 0 bridgehead atoms. The summed E-state index contributed by atoms with van der Waals surface area (Å²) < 4.78 is 5.39. The smallest absolute Gasteiger partial charge is 0.410 e. The van der Waals surface area contributed by atoms with Crippen molar-refractivity contribution < 1.29 is 9.53 Å². The highest BCUT2D eigenvalue weighted by atomic mass is 35.5. The van der Waals surface area contributed by atoms with Gasteiger partial charge in [-0.3, -0.25) is 0 Å². The third kappa shape index (κ3) is 5.36. The number of ether oxygens (including phenoxy) is 1. The Kier molecular flexibility index (Phi) is 5.32. The second-order valence-electron chi connectivity index (χ2n) is 6.08. The van der Waals surface area contributed by atoms with Gasteiger partial charge in [0.2, 0.25) is 0 Å². The van der Waals surface area contributed by atoms with Gasteiger partial charge in [0.05, 0.1) is 17.4 Å². The molecule has 0 aromatic carbocycles. The molecule has 7 heteroatoms. The van der Waals surface area contributed by atoms with E-state index in [4.69, 9.17) is 16.3 Å². The van der Waals surface area contributed by atoms with E-state index in [1.165, 1.54) is 0 Å². The number of likely N-dealkylation sites (tertiary alicyclic amines) is 1. The summed E-state index contributed by atoms with van der Waals surface area (Å²) in [4.78, 5) is 22.1. The summed E-state index contributed by atoms with van der Waals surface area (Å²) in [7, 11) is 0.